The minimum Gasteiger partial charge on any atom is -0.493 e. The number of hydrogen-bond acceptors (Lipinski definition) is 7. The second kappa shape index (κ2) is 10.2. The van der Waals surface area contributed by atoms with Crippen LogP contribution in [0.25, 0.3) is 0 Å². The van der Waals surface area contributed by atoms with Crippen molar-refractivity contribution >= 4 is 17.7 Å². The Kier molecular flexibility index (Phi) is 7.70. The zero-order valence-electron chi connectivity index (χ0n) is 16.9. The second-order valence-electron chi connectivity index (χ2n) is 6.91. The molecule has 2 saturated heterocycles. The van der Waals surface area contributed by atoms with E-state index in [1.54, 1.807) is 33.5 Å². The van der Waals surface area contributed by atoms with Gasteiger partial charge in [-0.3, -0.25) is 9.69 Å². The van der Waals surface area contributed by atoms with Crippen LogP contribution in [0.1, 0.15) is 16.8 Å². The summed E-state index contributed by atoms with van der Waals surface area (Å²) in [6, 6.07) is 3.67. The number of benzene rings is 1. The number of rotatable bonds is 6. The number of methoxy groups -OCH3 is 3. The van der Waals surface area contributed by atoms with Crippen molar-refractivity contribution in [2.75, 3.05) is 72.2 Å². The Balaban J connectivity index is 1.84. The molecule has 2 aliphatic rings. The van der Waals surface area contributed by atoms with Gasteiger partial charge in [-0.1, -0.05) is 0 Å². The lowest BCUT2D eigenvalue weighted by Gasteiger charge is -2.35. The Labute approximate surface area is 171 Å². The number of nitrogens with zero attached hydrogens (tertiary/aromatic N) is 2. The molecule has 1 unspecified atom stereocenters. The van der Waals surface area contributed by atoms with E-state index in [1.165, 1.54) is 0 Å². The molecule has 1 aromatic carbocycles. The lowest BCUT2D eigenvalue weighted by Crippen LogP contribution is -2.50. The van der Waals surface area contributed by atoms with Crippen LogP contribution in [0.15, 0.2) is 12.1 Å². The van der Waals surface area contributed by atoms with Crippen molar-refractivity contribution in [3.63, 3.8) is 0 Å². The molecule has 0 saturated carbocycles. The SMILES string of the molecule is COc1cc(C(=O)N2CCCSCC2CN2CCOCC2)cc(OC)c1OC. The van der Waals surface area contributed by atoms with Gasteiger partial charge in [0.25, 0.3) is 5.91 Å². The first-order valence-electron chi connectivity index (χ1n) is 9.66. The fraction of sp³-hybridized carbons (Fsp3) is 0.650. The fourth-order valence-corrected chi connectivity index (χ4v) is 4.76. The van der Waals surface area contributed by atoms with Gasteiger partial charge in [-0.15, -0.1) is 0 Å². The third-order valence-corrected chi connectivity index (χ3v) is 6.38. The van der Waals surface area contributed by atoms with Crippen LogP contribution in [-0.4, -0.2) is 94.0 Å². The predicted molar refractivity (Wildman–Crippen MR) is 110 cm³/mol. The minimum atomic E-state index is 0.0139. The third-order valence-electron chi connectivity index (χ3n) is 5.18. The van der Waals surface area contributed by atoms with E-state index in [4.69, 9.17) is 18.9 Å². The van der Waals surface area contributed by atoms with Crippen LogP contribution in [0.3, 0.4) is 0 Å². The molecule has 2 fully saturated rings. The van der Waals surface area contributed by atoms with Gasteiger partial charge in [0.15, 0.2) is 11.5 Å². The highest BCUT2D eigenvalue weighted by Crippen LogP contribution is 2.38. The summed E-state index contributed by atoms with van der Waals surface area (Å²) in [5, 5.41) is 0. The molecule has 0 aliphatic carbocycles. The van der Waals surface area contributed by atoms with E-state index in [-0.39, 0.29) is 11.9 Å². The Morgan fingerprint density at radius 1 is 1.11 bits per heavy atom. The first-order valence-corrected chi connectivity index (χ1v) is 10.8. The predicted octanol–water partition coefficient (Wildman–Crippen LogP) is 1.99. The highest BCUT2D eigenvalue weighted by molar-refractivity contribution is 7.99. The van der Waals surface area contributed by atoms with Crippen molar-refractivity contribution in [1.29, 1.82) is 0 Å². The zero-order valence-corrected chi connectivity index (χ0v) is 17.8. The van der Waals surface area contributed by atoms with Crippen LogP contribution >= 0.6 is 11.8 Å². The van der Waals surface area contributed by atoms with E-state index in [0.29, 0.717) is 22.8 Å². The van der Waals surface area contributed by atoms with Crippen LogP contribution in [0, 0.1) is 0 Å². The molecule has 1 atom stereocenters. The van der Waals surface area contributed by atoms with Crippen LogP contribution < -0.4 is 14.2 Å². The quantitative estimate of drug-likeness (QED) is 0.711. The van der Waals surface area contributed by atoms with Crippen LogP contribution in [0.5, 0.6) is 17.2 Å². The normalized spacial score (nSPS) is 21.1. The van der Waals surface area contributed by atoms with E-state index in [0.717, 1.165) is 57.3 Å². The monoisotopic (exact) mass is 410 g/mol. The number of thioether (sulfide) groups is 1. The second-order valence-corrected chi connectivity index (χ2v) is 8.06. The molecule has 1 aromatic rings. The maximum atomic E-state index is 13.5. The molecule has 0 bridgehead atoms. The van der Waals surface area contributed by atoms with Gasteiger partial charge in [0, 0.05) is 37.5 Å². The topological polar surface area (TPSA) is 60.5 Å². The molecular weight excluding hydrogens is 380 g/mol. The summed E-state index contributed by atoms with van der Waals surface area (Å²) < 4.78 is 21.7. The zero-order chi connectivity index (χ0) is 19.9. The van der Waals surface area contributed by atoms with E-state index in [2.05, 4.69) is 4.90 Å². The number of amides is 1. The average molecular weight is 411 g/mol. The first-order chi connectivity index (χ1) is 13.7. The van der Waals surface area contributed by atoms with Gasteiger partial charge in [-0.2, -0.15) is 11.8 Å². The van der Waals surface area contributed by atoms with Crippen molar-refractivity contribution in [1.82, 2.24) is 9.80 Å². The molecule has 0 radical (unpaired) electrons. The molecule has 156 valence electrons. The van der Waals surface area contributed by atoms with E-state index in [9.17, 15) is 4.79 Å². The van der Waals surface area contributed by atoms with Crippen LogP contribution in [0.4, 0.5) is 0 Å². The molecule has 2 heterocycles. The van der Waals surface area contributed by atoms with Gasteiger partial charge < -0.3 is 23.8 Å². The summed E-state index contributed by atoms with van der Waals surface area (Å²) in [6.07, 6.45) is 1.00. The van der Waals surface area contributed by atoms with Crippen molar-refractivity contribution in [3.05, 3.63) is 17.7 Å². The van der Waals surface area contributed by atoms with Crippen LogP contribution in [0.2, 0.25) is 0 Å². The molecule has 2 aliphatic heterocycles. The molecule has 3 rings (SSSR count). The number of morpholine rings is 1. The Morgan fingerprint density at radius 3 is 2.39 bits per heavy atom. The first kappa shape index (κ1) is 21.1. The lowest BCUT2D eigenvalue weighted by atomic mass is 10.1. The van der Waals surface area contributed by atoms with E-state index >= 15 is 0 Å². The highest BCUT2D eigenvalue weighted by atomic mass is 32.2. The molecule has 0 spiro atoms. The summed E-state index contributed by atoms with van der Waals surface area (Å²) in [7, 11) is 4.69. The Hall–Kier alpha value is -1.64. The number of ether oxygens (including phenoxy) is 4. The minimum absolute atomic E-state index is 0.0139. The van der Waals surface area contributed by atoms with E-state index < -0.39 is 0 Å². The molecule has 0 N–H and O–H groups in total. The highest BCUT2D eigenvalue weighted by Gasteiger charge is 2.30. The van der Waals surface area contributed by atoms with Crippen molar-refractivity contribution in [2.45, 2.75) is 12.5 Å². The average Bonchev–Trinajstić information content (AvgIpc) is 2.98. The van der Waals surface area contributed by atoms with Gasteiger partial charge in [0.1, 0.15) is 0 Å². The van der Waals surface area contributed by atoms with Gasteiger partial charge in [-0.25, -0.2) is 0 Å². The summed E-state index contributed by atoms with van der Waals surface area (Å²) in [5.41, 5.74) is 0.563. The smallest absolute Gasteiger partial charge is 0.254 e. The summed E-state index contributed by atoms with van der Waals surface area (Å²) in [4.78, 5) is 17.9. The van der Waals surface area contributed by atoms with Gasteiger partial charge in [0.05, 0.1) is 40.6 Å². The fourth-order valence-electron chi connectivity index (χ4n) is 3.70. The standard InChI is InChI=1S/C20H30N2O5S/c1-24-17-11-15(12-18(25-2)19(17)26-3)20(23)22-5-4-10-28-14-16(22)13-21-6-8-27-9-7-21/h11-12,16H,4-10,13-14H2,1-3H3. The van der Waals surface area contributed by atoms with Crippen LogP contribution in [-0.2, 0) is 4.74 Å². The Bertz CT molecular complexity index is 641. The van der Waals surface area contributed by atoms with Gasteiger partial charge in [0.2, 0.25) is 5.75 Å². The van der Waals surface area contributed by atoms with Gasteiger partial charge in [-0.05, 0) is 24.3 Å². The van der Waals surface area contributed by atoms with E-state index in [1.807, 2.05) is 16.7 Å². The van der Waals surface area contributed by atoms with Gasteiger partial charge >= 0.3 is 0 Å². The maximum Gasteiger partial charge on any atom is 0.254 e. The summed E-state index contributed by atoms with van der Waals surface area (Å²) in [5.74, 6) is 3.54. The molecular formula is C20H30N2O5S. The lowest BCUT2D eigenvalue weighted by molar-refractivity contribution is 0.0245. The molecule has 1 amide bonds. The third kappa shape index (κ3) is 4.85. The Morgan fingerprint density at radius 2 is 1.79 bits per heavy atom. The maximum absolute atomic E-state index is 13.5. The molecule has 8 heteroatoms. The number of carbonyl (C=O) groups is 1. The summed E-state index contributed by atoms with van der Waals surface area (Å²) in [6.45, 7) is 5.02. The van der Waals surface area contributed by atoms with Crippen molar-refractivity contribution in [3.8, 4) is 17.2 Å². The number of hydrogen-bond donors (Lipinski definition) is 0. The summed E-state index contributed by atoms with van der Waals surface area (Å²) >= 11 is 1.93. The number of carbonyl (C=O) groups excluding carboxylic acids is 1. The molecule has 0 aromatic heterocycles. The molecule has 28 heavy (non-hydrogen) atoms. The van der Waals surface area contributed by atoms with Crippen molar-refractivity contribution in [2.24, 2.45) is 0 Å². The molecule has 7 nitrogen and oxygen atoms in total. The van der Waals surface area contributed by atoms with Crippen molar-refractivity contribution < 1.29 is 23.7 Å². The largest absolute Gasteiger partial charge is 0.493 e.